The maximum Gasteiger partial charge on any atom is 0.115 e. The molecule has 0 aliphatic heterocycles. The number of nitrogens with two attached hydrogens (primary N) is 1. The SMILES string of the molecule is CNCC(N)=NC=NCc1cc(C(C)(C)C#N)cc(C(C)(C)C#N)c1. The van der Waals surface area contributed by atoms with Crippen LogP contribution in [0.1, 0.15) is 44.4 Å². The lowest BCUT2D eigenvalue weighted by atomic mass is 9.79. The lowest BCUT2D eigenvalue weighted by Gasteiger charge is -2.22. The second-order valence-corrected chi connectivity index (χ2v) is 7.00. The van der Waals surface area contributed by atoms with E-state index in [9.17, 15) is 10.5 Å². The Morgan fingerprint density at radius 2 is 1.64 bits per heavy atom. The van der Waals surface area contributed by atoms with Gasteiger partial charge in [0.15, 0.2) is 0 Å². The van der Waals surface area contributed by atoms with Crippen molar-refractivity contribution in [3.8, 4) is 12.1 Å². The first kappa shape index (κ1) is 20.3. The Morgan fingerprint density at radius 1 is 1.12 bits per heavy atom. The molecule has 0 heterocycles. The average molecular weight is 338 g/mol. The summed E-state index contributed by atoms with van der Waals surface area (Å²) in [6.07, 6.45) is 1.43. The number of rotatable bonds is 7. The number of likely N-dealkylation sites (N-methyl/N-ethyl adjacent to an activating group) is 1. The third-order valence-corrected chi connectivity index (χ3v) is 3.93. The Balaban J connectivity index is 3.19. The van der Waals surface area contributed by atoms with E-state index in [2.05, 4.69) is 27.4 Å². The number of amidine groups is 1. The molecule has 0 spiro atoms. The molecule has 0 radical (unpaired) electrons. The van der Waals surface area contributed by atoms with Crippen LogP contribution < -0.4 is 11.1 Å². The minimum Gasteiger partial charge on any atom is -0.386 e. The second-order valence-electron chi connectivity index (χ2n) is 7.00. The molecule has 0 fully saturated rings. The van der Waals surface area contributed by atoms with E-state index in [1.165, 1.54) is 6.34 Å². The van der Waals surface area contributed by atoms with Gasteiger partial charge >= 0.3 is 0 Å². The first-order chi connectivity index (χ1) is 11.7. The molecule has 1 rings (SSSR count). The minimum absolute atomic E-state index is 0.403. The van der Waals surface area contributed by atoms with E-state index in [0.29, 0.717) is 18.9 Å². The highest BCUT2D eigenvalue weighted by Gasteiger charge is 2.26. The van der Waals surface area contributed by atoms with Gasteiger partial charge in [-0.2, -0.15) is 10.5 Å². The average Bonchev–Trinajstić information content (AvgIpc) is 2.58. The molecule has 0 aliphatic rings. The lowest BCUT2D eigenvalue weighted by molar-refractivity contribution is 0.658. The van der Waals surface area contributed by atoms with Crippen molar-refractivity contribution < 1.29 is 0 Å². The molecular formula is C19H26N6. The number of nitriles is 2. The zero-order chi connectivity index (χ0) is 19.1. The number of nitrogens with one attached hydrogen (secondary N) is 1. The zero-order valence-electron chi connectivity index (χ0n) is 15.6. The molecule has 1 aromatic rings. The third-order valence-electron chi connectivity index (χ3n) is 3.93. The highest BCUT2D eigenvalue weighted by atomic mass is 15.0. The van der Waals surface area contributed by atoms with Crippen molar-refractivity contribution in [2.75, 3.05) is 13.6 Å². The van der Waals surface area contributed by atoms with Gasteiger partial charge in [0, 0.05) is 0 Å². The lowest BCUT2D eigenvalue weighted by Crippen LogP contribution is -2.26. The van der Waals surface area contributed by atoms with Crippen LogP contribution in [0, 0.1) is 22.7 Å². The van der Waals surface area contributed by atoms with Crippen molar-refractivity contribution in [1.82, 2.24) is 5.32 Å². The smallest absolute Gasteiger partial charge is 0.115 e. The fraction of sp³-hybridized carbons (Fsp3) is 0.474. The van der Waals surface area contributed by atoms with Gasteiger partial charge < -0.3 is 11.1 Å². The Labute approximate surface area is 150 Å². The monoisotopic (exact) mass is 338 g/mol. The van der Waals surface area contributed by atoms with E-state index in [1.807, 2.05) is 45.9 Å². The minimum atomic E-state index is -0.643. The van der Waals surface area contributed by atoms with E-state index in [4.69, 9.17) is 5.73 Å². The molecule has 0 bridgehead atoms. The molecule has 0 saturated heterocycles. The Kier molecular flexibility index (Phi) is 6.85. The van der Waals surface area contributed by atoms with Gasteiger partial charge in [-0.05, 0) is 51.4 Å². The maximum atomic E-state index is 9.43. The number of aliphatic imine (C=N–C) groups is 2. The van der Waals surface area contributed by atoms with Gasteiger partial charge in [0.1, 0.15) is 12.2 Å². The van der Waals surface area contributed by atoms with Gasteiger partial charge in [-0.25, -0.2) is 4.99 Å². The van der Waals surface area contributed by atoms with Crippen LogP contribution in [0.15, 0.2) is 28.2 Å². The molecule has 132 valence electrons. The van der Waals surface area contributed by atoms with Crippen LogP contribution in [-0.4, -0.2) is 25.8 Å². The van der Waals surface area contributed by atoms with E-state index < -0.39 is 10.8 Å². The highest BCUT2D eigenvalue weighted by Crippen LogP contribution is 2.30. The normalized spacial score (nSPS) is 12.8. The summed E-state index contributed by atoms with van der Waals surface area (Å²) in [5, 5.41) is 21.8. The molecule has 0 saturated carbocycles. The van der Waals surface area contributed by atoms with Crippen LogP contribution in [0.2, 0.25) is 0 Å². The molecule has 3 N–H and O–H groups in total. The Morgan fingerprint density at radius 3 is 2.08 bits per heavy atom. The molecule has 0 amide bonds. The molecular weight excluding hydrogens is 312 g/mol. The van der Waals surface area contributed by atoms with Crippen LogP contribution >= 0.6 is 0 Å². The predicted octanol–water partition coefficient (Wildman–Crippen LogP) is 2.39. The number of nitrogens with zero attached hydrogens (tertiary/aromatic N) is 4. The van der Waals surface area contributed by atoms with Crippen LogP contribution in [0.4, 0.5) is 0 Å². The predicted molar refractivity (Wildman–Crippen MR) is 101 cm³/mol. The summed E-state index contributed by atoms with van der Waals surface area (Å²) in [6.45, 7) is 8.35. The third kappa shape index (κ3) is 5.70. The Bertz CT molecular complexity index is 700. The van der Waals surface area contributed by atoms with Crippen molar-refractivity contribution in [3.05, 3.63) is 34.9 Å². The summed E-state index contributed by atoms with van der Waals surface area (Å²) in [4.78, 5) is 8.31. The first-order valence-corrected chi connectivity index (χ1v) is 8.08. The molecule has 1 aromatic carbocycles. The quantitative estimate of drug-likeness (QED) is 0.587. The van der Waals surface area contributed by atoms with Crippen molar-refractivity contribution in [3.63, 3.8) is 0 Å². The molecule has 6 nitrogen and oxygen atoms in total. The molecule has 0 aromatic heterocycles. The van der Waals surface area contributed by atoms with Gasteiger partial charge in [-0.3, -0.25) is 4.99 Å². The summed E-state index contributed by atoms with van der Waals surface area (Å²) in [7, 11) is 1.79. The van der Waals surface area contributed by atoms with Crippen molar-refractivity contribution in [2.24, 2.45) is 15.7 Å². The zero-order valence-corrected chi connectivity index (χ0v) is 15.6. The number of hydrogen-bond donors (Lipinski definition) is 2. The van der Waals surface area contributed by atoms with Crippen molar-refractivity contribution in [1.29, 1.82) is 10.5 Å². The summed E-state index contributed by atoms with van der Waals surface area (Å²) >= 11 is 0. The summed E-state index contributed by atoms with van der Waals surface area (Å²) < 4.78 is 0. The topological polar surface area (TPSA) is 110 Å². The summed E-state index contributed by atoms with van der Waals surface area (Å²) in [6, 6.07) is 10.5. The van der Waals surface area contributed by atoms with Gasteiger partial charge in [-0.15, -0.1) is 0 Å². The summed E-state index contributed by atoms with van der Waals surface area (Å²) in [5.74, 6) is 0.455. The van der Waals surface area contributed by atoms with Crippen molar-refractivity contribution >= 4 is 12.2 Å². The van der Waals surface area contributed by atoms with E-state index in [1.54, 1.807) is 7.05 Å². The van der Waals surface area contributed by atoms with Crippen LogP contribution in [0.3, 0.4) is 0 Å². The second kappa shape index (κ2) is 8.41. The molecule has 6 heteroatoms. The molecule has 0 atom stereocenters. The fourth-order valence-electron chi connectivity index (χ4n) is 2.12. The van der Waals surface area contributed by atoms with Gasteiger partial charge in [0.2, 0.25) is 0 Å². The highest BCUT2D eigenvalue weighted by molar-refractivity contribution is 5.88. The largest absolute Gasteiger partial charge is 0.386 e. The van der Waals surface area contributed by atoms with E-state index in [-0.39, 0.29) is 0 Å². The Hall–Kier alpha value is -2.70. The molecule has 0 unspecified atom stereocenters. The van der Waals surface area contributed by atoms with Crippen LogP contribution in [0.5, 0.6) is 0 Å². The maximum absolute atomic E-state index is 9.43. The van der Waals surface area contributed by atoms with Gasteiger partial charge in [0.05, 0.1) is 36.1 Å². The van der Waals surface area contributed by atoms with Crippen LogP contribution in [0.25, 0.3) is 0 Å². The van der Waals surface area contributed by atoms with E-state index in [0.717, 1.165) is 16.7 Å². The van der Waals surface area contributed by atoms with Gasteiger partial charge in [-0.1, -0.05) is 18.2 Å². The number of benzene rings is 1. The molecule has 25 heavy (non-hydrogen) atoms. The standard InChI is InChI=1S/C19H26N6/c1-18(2,11-20)15-6-14(7-16(8-15)19(3,4)12-21)9-24-13-25-17(22)10-23-5/h6-8,13,23H,9-10H2,1-5H3,(H2,22,24,25). The molecule has 0 aliphatic carbocycles. The first-order valence-electron chi connectivity index (χ1n) is 8.08. The van der Waals surface area contributed by atoms with Gasteiger partial charge in [0.25, 0.3) is 0 Å². The fourth-order valence-corrected chi connectivity index (χ4v) is 2.12. The van der Waals surface area contributed by atoms with Crippen molar-refractivity contribution in [2.45, 2.75) is 45.1 Å². The summed E-state index contributed by atoms with van der Waals surface area (Å²) in [5.41, 5.74) is 7.08. The van der Waals surface area contributed by atoms with E-state index >= 15 is 0 Å². The number of hydrogen-bond acceptors (Lipinski definition) is 4. The van der Waals surface area contributed by atoms with Crippen LogP contribution in [-0.2, 0) is 17.4 Å².